The van der Waals surface area contributed by atoms with Crippen molar-refractivity contribution in [2.75, 3.05) is 12.3 Å². The molecule has 2 rings (SSSR count). The number of thiophene rings is 1. The van der Waals surface area contributed by atoms with E-state index in [1.165, 1.54) is 10.9 Å². The number of rotatable bonds is 6. The van der Waals surface area contributed by atoms with Crippen molar-refractivity contribution < 1.29 is 4.39 Å². The minimum atomic E-state index is -0.135. The molecule has 1 atom stereocenters. The molecule has 0 saturated carbocycles. The van der Waals surface area contributed by atoms with E-state index in [2.05, 4.69) is 29.8 Å². The quantitative estimate of drug-likeness (QED) is 0.791. The number of thioether (sulfide) groups is 1. The summed E-state index contributed by atoms with van der Waals surface area (Å²) in [4.78, 5) is 2.03. The third-order valence-electron chi connectivity index (χ3n) is 2.58. The van der Waals surface area contributed by atoms with E-state index in [9.17, 15) is 4.39 Å². The fourth-order valence-electron chi connectivity index (χ4n) is 1.71. The largest absolute Gasteiger partial charge is 0.309 e. The molecule has 0 saturated heterocycles. The van der Waals surface area contributed by atoms with E-state index >= 15 is 0 Å². The molecule has 0 radical (unpaired) electrons. The first-order chi connectivity index (χ1) is 8.81. The molecule has 1 unspecified atom stereocenters. The van der Waals surface area contributed by atoms with Gasteiger partial charge in [-0.25, -0.2) is 4.39 Å². The average Bonchev–Trinajstić information content (AvgIpc) is 2.90. The molecule has 1 aromatic heterocycles. The van der Waals surface area contributed by atoms with Gasteiger partial charge >= 0.3 is 0 Å². The first kappa shape index (κ1) is 13.6. The molecule has 2 aromatic rings. The molecule has 4 heteroatoms. The summed E-state index contributed by atoms with van der Waals surface area (Å²) in [5, 5.41) is 5.52. The molecule has 1 nitrogen and oxygen atoms in total. The van der Waals surface area contributed by atoms with Crippen LogP contribution >= 0.6 is 23.1 Å². The lowest BCUT2D eigenvalue weighted by molar-refractivity contribution is 0.598. The fraction of sp³-hybridized carbons (Fsp3) is 0.286. The molecule has 0 fully saturated rings. The zero-order valence-corrected chi connectivity index (χ0v) is 11.9. The molecule has 1 aromatic carbocycles. The van der Waals surface area contributed by atoms with Gasteiger partial charge < -0.3 is 5.32 Å². The Morgan fingerprint density at radius 2 is 2.11 bits per heavy atom. The monoisotopic (exact) mass is 281 g/mol. The molecule has 0 amide bonds. The highest BCUT2D eigenvalue weighted by atomic mass is 32.2. The van der Waals surface area contributed by atoms with Crippen LogP contribution in [-0.4, -0.2) is 12.3 Å². The predicted molar refractivity (Wildman–Crippen MR) is 77.9 cm³/mol. The molecule has 0 spiro atoms. The van der Waals surface area contributed by atoms with Crippen molar-refractivity contribution in [3.05, 3.63) is 52.5 Å². The van der Waals surface area contributed by atoms with Crippen molar-refractivity contribution in [2.24, 2.45) is 0 Å². The van der Waals surface area contributed by atoms with Crippen LogP contribution < -0.4 is 5.32 Å². The van der Waals surface area contributed by atoms with Gasteiger partial charge in [0.2, 0.25) is 0 Å². The molecular formula is C14H16FNS2. The van der Waals surface area contributed by atoms with E-state index in [0.29, 0.717) is 6.04 Å². The van der Waals surface area contributed by atoms with Crippen LogP contribution in [0.15, 0.2) is 46.7 Å². The Labute approximate surface area is 115 Å². The van der Waals surface area contributed by atoms with E-state index in [0.717, 1.165) is 17.2 Å². The predicted octanol–water partition coefficient (Wildman–Crippen LogP) is 4.33. The van der Waals surface area contributed by atoms with E-state index in [-0.39, 0.29) is 5.82 Å². The Morgan fingerprint density at radius 3 is 2.78 bits per heavy atom. The zero-order chi connectivity index (χ0) is 12.8. The van der Waals surface area contributed by atoms with Gasteiger partial charge in [0.1, 0.15) is 5.82 Å². The lowest BCUT2D eigenvalue weighted by Gasteiger charge is -2.16. The number of hydrogen-bond donors (Lipinski definition) is 1. The second-order valence-corrected chi connectivity index (χ2v) is 5.91. The Hall–Kier alpha value is -0.840. The van der Waals surface area contributed by atoms with Crippen LogP contribution in [-0.2, 0) is 0 Å². The van der Waals surface area contributed by atoms with Gasteiger partial charge in [0, 0.05) is 15.5 Å². The van der Waals surface area contributed by atoms with Gasteiger partial charge in [-0.2, -0.15) is 0 Å². The third-order valence-corrected chi connectivity index (χ3v) is 4.71. The zero-order valence-electron chi connectivity index (χ0n) is 10.2. The van der Waals surface area contributed by atoms with Crippen LogP contribution in [0.3, 0.4) is 0 Å². The number of benzene rings is 1. The van der Waals surface area contributed by atoms with Crippen LogP contribution in [0.25, 0.3) is 0 Å². The molecule has 0 aliphatic heterocycles. The maximum atomic E-state index is 13.5. The molecule has 1 N–H and O–H groups in total. The van der Waals surface area contributed by atoms with Crippen molar-refractivity contribution in [2.45, 2.75) is 17.9 Å². The second kappa shape index (κ2) is 6.92. The minimum Gasteiger partial charge on any atom is -0.309 e. The first-order valence-corrected chi connectivity index (χ1v) is 7.82. The number of hydrogen-bond acceptors (Lipinski definition) is 3. The number of halogens is 1. The van der Waals surface area contributed by atoms with Gasteiger partial charge in [0.05, 0.1) is 6.04 Å². The van der Waals surface area contributed by atoms with Crippen molar-refractivity contribution in [3.63, 3.8) is 0 Å². The molecular weight excluding hydrogens is 265 g/mol. The maximum Gasteiger partial charge on any atom is 0.136 e. The van der Waals surface area contributed by atoms with Crippen molar-refractivity contribution >= 4 is 23.1 Å². The standard InChI is InChI=1S/C14H16FNS2/c1-2-16-12(14-8-5-9-17-14)10-18-13-7-4-3-6-11(13)15/h3-9,12,16H,2,10H2,1H3. The smallest absolute Gasteiger partial charge is 0.136 e. The van der Waals surface area contributed by atoms with Crippen LogP contribution in [0.1, 0.15) is 17.8 Å². The highest BCUT2D eigenvalue weighted by Gasteiger charge is 2.12. The van der Waals surface area contributed by atoms with E-state index < -0.39 is 0 Å². The normalized spacial score (nSPS) is 12.6. The highest BCUT2D eigenvalue weighted by Crippen LogP contribution is 2.28. The summed E-state index contributed by atoms with van der Waals surface area (Å²) >= 11 is 3.30. The molecule has 96 valence electrons. The summed E-state index contributed by atoms with van der Waals surface area (Å²) in [6.45, 7) is 3.01. The van der Waals surface area contributed by atoms with Crippen LogP contribution in [0.4, 0.5) is 4.39 Å². The lowest BCUT2D eigenvalue weighted by atomic mass is 10.3. The molecule has 1 heterocycles. The van der Waals surface area contributed by atoms with Gasteiger partial charge in [0.25, 0.3) is 0 Å². The topological polar surface area (TPSA) is 12.0 Å². The summed E-state index contributed by atoms with van der Waals surface area (Å²) in [5.74, 6) is 0.707. The molecule has 18 heavy (non-hydrogen) atoms. The molecule has 0 aliphatic carbocycles. The van der Waals surface area contributed by atoms with Gasteiger partial charge in [-0.15, -0.1) is 23.1 Å². The van der Waals surface area contributed by atoms with E-state index in [1.54, 1.807) is 29.2 Å². The van der Waals surface area contributed by atoms with Crippen molar-refractivity contribution in [1.29, 1.82) is 0 Å². The Kier molecular flexibility index (Phi) is 5.23. The van der Waals surface area contributed by atoms with Gasteiger partial charge in [-0.3, -0.25) is 0 Å². The minimum absolute atomic E-state index is 0.135. The van der Waals surface area contributed by atoms with Crippen molar-refractivity contribution in [3.8, 4) is 0 Å². The second-order valence-electron chi connectivity index (χ2n) is 3.87. The Morgan fingerprint density at radius 1 is 1.28 bits per heavy atom. The van der Waals surface area contributed by atoms with Gasteiger partial charge in [0.15, 0.2) is 0 Å². The first-order valence-electron chi connectivity index (χ1n) is 5.95. The summed E-state index contributed by atoms with van der Waals surface area (Å²) < 4.78 is 13.5. The fourth-order valence-corrected chi connectivity index (χ4v) is 3.64. The summed E-state index contributed by atoms with van der Waals surface area (Å²) in [6.07, 6.45) is 0. The Balaban J connectivity index is 2.00. The van der Waals surface area contributed by atoms with Crippen molar-refractivity contribution in [1.82, 2.24) is 5.32 Å². The summed E-state index contributed by atoms with van der Waals surface area (Å²) in [5.41, 5.74) is 0. The summed E-state index contributed by atoms with van der Waals surface area (Å²) in [6, 6.07) is 11.4. The SMILES string of the molecule is CCNC(CSc1ccccc1F)c1cccs1. The van der Waals surface area contributed by atoms with Gasteiger partial charge in [-0.1, -0.05) is 25.1 Å². The van der Waals surface area contributed by atoms with Gasteiger partial charge in [-0.05, 0) is 30.1 Å². The van der Waals surface area contributed by atoms with E-state index in [4.69, 9.17) is 0 Å². The lowest BCUT2D eigenvalue weighted by Crippen LogP contribution is -2.22. The highest BCUT2D eigenvalue weighted by molar-refractivity contribution is 7.99. The maximum absolute atomic E-state index is 13.5. The average molecular weight is 281 g/mol. The van der Waals surface area contributed by atoms with E-state index in [1.807, 2.05) is 12.1 Å². The number of nitrogens with one attached hydrogen (secondary N) is 1. The molecule has 0 bridgehead atoms. The van der Waals surface area contributed by atoms with Crippen LogP contribution in [0.5, 0.6) is 0 Å². The van der Waals surface area contributed by atoms with Crippen LogP contribution in [0.2, 0.25) is 0 Å². The molecule has 0 aliphatic rings. The summed E-state index contributed by atoms with van der Waals surface area (Å²) in [7, 11) is 0. The van der Waals surface area contributed by atoms with Crippen LogP contribution in [0, 0.1) is 5.82 Å². The Bertz CT molecular complexity index is 470. The third kappa shape index (κ3) is 3.57.